The smallest absolute Gasteiger partial charge is 0.178 e. The van der Waals surface area contributed by atoms with Crippen LogP contribution in [0.5, 0.6) is 0 Å². The molecule has 126 valence electrons. The summed E-state index contributed by atoms with van der Waals surface area (Å²) in [5, 5.41) is 10.4. The fourth-order valence-corrected chi connectivity index (χ4v) is 5.00. The molecule has 0 saturated heterocycles. The predicted molar refractivity (Wildman–Crippen MR) is 110 cm³/mol. The van der Waals surface area contributed by atoms with Crippen LogP contribution in [0.25, 0.3) is 0 Å². The molecule has 24 heavy (non-hydrogen) atoms. The van der Waals surface area contributed by atoms with Crippen molar-refractivity contribution in [3.63, 3.8) is 0 Å². The maximum atomic E-state index is 9.59. The number of aliphatic imine (C=N–C) groups is 1. The van der Waals surface area contributed by atoms with Crippen molar-refractivity contribution in [3.05, 3.63) is 36.1 Å². The largest absolute Gasteiger partial charge is 0.448 e. The SMILES string of the molecule is CC(C)(C)[C@@H]1CCc2c(sc(N=Cc3cc(Br)c(I)o3)c2C#N)C1. The highest BCUT2D eigenvalue weighted by Gasteiger charge is 2.32. The highest BCUT2D eigenvalue weighted by atomic mass is 127. The van der Waals surface area contributed by atoms with Gasteiger partial charge in [0, 0.05) is 33.5 Å². The normalized spacial score (nSPS) is 17.9. The van der Waals surface area contributed by atoms with Gasteiger partial charge < -0.3 is 4.42 Å². The van der Waals surface area contributed by atoms with E-state index in [1.54, 1.807) is 17.6 Å². The Morgan fingerprint density at radius 2 is 2.25 bits per heavy atom. The van der Waals surface area contributed by atoms with Gasteiger partial charge in [-0.15, -0.1) is 11.3 Å². The highest BCUT2D eigenvalue weighted by Crippen LogP contribution is 2.44. The molecule has 1 aliphatic rings. The predicted octanol–water partition coefficient (Wildman–Crippen LogP) is 6.48. The van der Waals surface area contributed by atoms with E-state index in [-0.39, 0.29) is 0 Å². The van der Waals surface area contributed by atoms with Gasteiger partial charge in [-0.2, -0.15) is 5.26 Å². The van der Waals surface area contributed by atoms with Gasteiger partial charge in [-0.1, -0.05) is 20.8 Å². The maximum Gasteiger partial charge on any atom is 0.178 e. The van der Waals surface area contributed by atoms with Crippen LogP contribution in [0.15, 0.2) is 19.9 Å². The number of furan rings is 1. The van der Waals surface area contributed by atoms with Crippen molar-refractivity contribution in [2.75, 3.05) is 0 Å². The molecule has 1 atom stereocenters. The summed E-state index contributed by atoms with van der Waals surface area (Å²) in [7, 11) is 0. The molecule has 0 bridgehead atoms. The van der Waals surface area contributed by atoms with Crippen LogP contribution < -0.4 is 0 Å². The molecule has 6 heteroatoms. The van der Waals surface area contributed by atoms with Crippen LogP contribution in [0.4, 0.5) is 5.00 Å². The number of fused-ring (bicyclic) bond motifs is 1. The first-order chi connectivity index (χ1) is 11.3. The number of thiophene rings is 1. The molecular weight excluding hydrogens is 499 g/mol. The van der Waals surface area contributed by atoms with E-state index in [9.17, 15) is 5.26 Å². The second kappa shape index (κ2) is 6.93. The van der Waals surface area contributed by atoms with Crippen LogP contribution in [0, 0.1) is 26.4 Å². The standard InChI is InChI=1S/C18H18BrIN2OS/c1-18(2,3)10-4-5-12-13(8-21)17(24-15(12)6-10)22-9-11-7-14(19)16(20)23-11/h7,9-10H,4-6H2,1-3H3/t10-/m1/s1. The zero-order valence-corrected chi connectivity index (χ0v) is 18.4. The Morgan fingerprint density at radius 1 is 1.50 bits per heavy atom. The molecule has 0 radical (unpaired) electrons. The third-order valence-electron chi connectivity index (χ3n) is 4.56. The quantitative estimate of drug-likeness (QED) is 0.338. The molecule has 0 amide bonds. The van der Waals surface area contributed by atoms with Crippen LogP contribution in [0.1, 0.15) is 49.0 Å². The molecule has 3 nitrogen and oxygen atoms in total. The fourth-order valence-electron chi connectivity index (χ4n) is 3.07. The molecule has 2 aromatic heterocycles. The summed E-state index contributed by atoms with van der Waals surface area (Å²) in [5.74, 6) is 1.35. The third-order valence-corrected chi connectivity index (χ3v) is 7.85. The van der Waals surface area contributed by atoms with Crippen LogP contribution in [-0.4, -0.2) is 6.21 Å². The Labute approximate surface area is 168 Å². The summed E-state index contributed by atoms with van der Waals surface area (Å²) >= 11 is 7.22. The first-order valence-electron chi connectivity index (χ1n) is 7.83. The Morgan fingerprint density at radius 3 is 2.83 bits per heavy atom. The molecule has 2 heterocycles. The molecule has 0 fully saturated rings. The summed E-state index contributed by atoms with van der Waals surface area (Å²) in [5.41, 5.74) is 2.26. The second-order valence-electron chi connectivity index (χ2n) is 7.13. The lowest BCUT2D eigenvalue weighted by atomic mass is 9.72. The van der Waals surface area contributed by atoms with Gasteiger partial charge in [0.05, 0.1) is 16.3 Å². The molecular formula is C18H18BrIN2OS. The van der Waals surface area contributed by atoms with E-state index >= 15 is 0 Å². The molecule has 1 aliphatic carbocycles. The first kappa shape index (κ1) is 18.2. The lowest BCUT2D eigenvalue weighted by molar-refractivity contribution is 0.218. The monoisotopic (exact) mass is 516 g/mol. The van der Waals surface area contributed by atoms with Gasteiger partial charge in [0.1, 0.15) is 16.8 Å². The minimum atomic E-state index is 0.301. The number of halogens is 2. The van der Waals surface area contributed by atoms with E-state index in [0.717, 1.165) is 38.1 Å². The number of hydrogen-bond acceptors (Lipinski definition) is 4. The Hall–Kier alpha value is -0.650. The van der Waals surface area contributed by atoms with E-state index in [1.807, 2.05) is 6.07 Å². The Bertz CT molecular complexity index is 819. The zero-order valence-electron chi connectivity index (χ0n) is 13.8. The van der Waals surface area contributed by atoms with Gasteiger partial charge in [0.2, 0.25) is 0 Å². The van der Waals surface area contributed by atoms with Crippen LogP contribution in [0.2, 0.25) is 0 Å². The van der Waals surface area contributed by atoms with E-state index in [0.29, 0.717) is 17.1 Å². The minimum absolute atomic E-state index is 0.301. The Kier molecular flexibility index (Phi) is 5.24. The zero-order chi connectivity index (χ0) is 17.5. The van der Waals surface area contributed by atoms with E-state index in [4.69, 9.17) is 4.42 Å². The van der Waals surface area contributed by atoms with E-state index < -0.39 is 0 Å². The maximum absolute atomic E-state index is 9.59. The summed E-state index contributed by atoms with van der Waals surface area (Å²) in [6, 6.07) is 4.25. The lowest BCUT2D eigenvalue weighted by Crippen LogP contribution is -2.26. The van der Waals surface area contributed by atoms with Gasteiger partial charge in [-0.25, -0.2) is 4.99 Å². The summed E-state index contributed by atoms with van der Waals surface area (Å²) in [6.07, 6.45) is 4.88. The van der Waals surface area contributed by atoms with Crippen molar-refractivity contribution < 1.29 is 4.42 Å². The van der Waals surface area contributed by atoms with Gasteiger partial charge in [-0.3, -0.25) is 0 Å². The molecule has 0 aromatic carbocycles. The van der Waals surface area contributed by atoms with E-state index in [1.165, 1.54) is 10.4 Å². The highest BCUT2D eigenvalue weighted by molar-refractivity contribution is 14.1. The third kappa shape index (κ3) is 3.63. The van der Waals surface area contributed by atoms with Gasteiger partial charge in [0.15, 0.2) is 3.77 Å². The summed E-state index contributed by atoms with van der Waals surface area (Å²) in [6.45, 7) is 6.91. The van der Waals surface area contributed by atoms with E-state index in [2.05, 4.69) is 70.4 Å². The summed E-state index contributed by atoms with van der Waals surface area (Å²) in [4.78, 5) is 5.88. The van der Waals surface area contributed by atoms with Crippen LogP contribution >= 0.6 is 49.9 Å². The topological polar surface area (TPSA) is 49.3 Å². The molecule has 0 N–H and O–H groups in total. The number of nitrogens with zero attached hydrogens (tertiary/aromatic N) is 2. The molecule has 0 spiro atoms. The number of hydrogen-bond donors (Lipinski definition) is 0. The number of rotatable bonds is 2. The van der Waals surface area contributed by atoms with Crippen LogP contribution in [-0.2, 0) is 12.8 Å². The van der Waals surface area contributed by atoms with Gasteiger partial charge in [0.25, 0.3) is 0 Å². The Balaban J connectivity index is 1.91. The van der Waals surface area contributed by atoms with Gasteiger partial charge >= 0.3 is 0 Å². The fraction of sp³-hybridized carbons (Fsp3) is 0.444. The van der Waals surface area contributed by atoms with Crippen molar-refractivity contribution in [2.24, 2.45) is 16.3 Å². The second-order valence-corrected chi connectivity index (χ2v) is 10.0. The first-order valence-corrected chi connectivity index (χ1v) is 10.5. The van der Waals surface area contributed by atoms with Crippen LogP contribution in [0.3, 0.4) is 0 Å². The molecule has 0 aliphatic heterocycles. The lowest BCUT2D eigenvalue weighted by Gasteiger charge is -2.33. The van der Waals surface area contributed by atoms with Crippen molar-refractivity contribution in [3.8, 4) is 6.07 Å². The van der Waals surface area contributed by atoms with Crippen molar-refractivity contribution in [1.82, 2.24) is 0 Å². The molecule has 3 rings (SSSR count). The average molecular weight is 517 g/mol. The summed E-state index contributed by atoms with van der Waals surface area (Å²) < 4.78 is 7.30. The number of nitriles is 1. The molecule has 0 unspecified atom stereocenters. The van der Waals surface area contributed by atoms with Gasteiger partial charge in [-0.05, 0) is 52.1 Å². The minimum Gasteiger partial charge on any atom is -0.448 e. The van der Waals surface area contributed by atoms with Crippen molar-refractivity contribution in [2.45, 2.75) is 40.0 Å². The van der Waals surface area contributed by atoms with Crippen molar-refractivity contribution >= 4 is 61.1 Å². The average Bonchev–Trinajstić information content (AvgIpc) is 3.03. The van der Waals surface area contributed by atoms with Crippen molar-refractivity contribution in [1.29, 1.82) is 5.26 Å². The molecule has 2 aromatic rings. The molecule has 0 saturated carbocycles.